The van der Waals surface area contributed by atoms with Crippen molar-refractivity contribution in [3.8, 4) is 11.3 Å². The maximum absolute atomic E-state index is 13.9. The summed E-state index contributed by atoms with van der Waals surface area (Å²) in [4.78, 5) is 19.2. The van der Waals surface area contributed by atoms with Gasteiger partial charge in [-0.1, -0.05) is 0 Å². The maximum Gasteiger partial charge on any atom is 0.419 e. The summed E-state index contributed by atoms with van der Waals surface area (Å²) in [5.74, 6) is -0.377. The minimum Gasteiger partial charge on any atom is -0.444 e. The molecule has 4 rings (SSSR count). The number of aromatic nitrogens is 2. The first-order chi connectivity index (χ1) is 16.4. The number of hydrogen-bond acceptors (Lipinski definition) is 4. The molecule has 35 heavy (non-hydrogen) atoms. The first-order valence-corrected chi connectivity index (χ1v) is 12.1. The quantitative estimate of drug-likeness (QED) is 0.562. The Labute approximate surface area is 202 Å². The Balaban J connectivity index is 1.66. The lowest BCUT2D eigenvalue weighted by atomic mass is 9.97. The maximum atomic E-state index is 13.9. The Morgan fingerprint density at radius 3 is 2.54 bits per heavy atom. The summed E-state index contributed by atoms with van der Waals surface area (Å²) in [6.07, 6.45) is -0.0670. The fraction of sp³-hybridized carbons (Fsp3) is 0.600. The monoisotopic (exact) mass is 496 g/mol. The van der Waals surface area contributed by atoms with E-state index >= 15 is 0 Å². The molecule has 0 spiro atoms. The molecular formula is C25H32F4N4O2. The normalized spacial score (nSPS) is 19.9. The highest BCUT2D eigenvalue weighted by Gasteiger charge is 2.36. The van der Waals surface area contributed by atoms with E-state index in [4.69, 9.17) is 9.72 Å². The van der Waals surface area contributed by atoms with Gasteiger partial charge in [0.25, 0.3) is 0 Å². The molecule has 1 atom stereocenters. The van der Waals surface area contributed by atoms with Gasteiger partial charge in [-0.15, -0.1) is 0 Å². The van der Waals surface area contributed by atoms with Gasteiger partial charge in [0.1, 0.15) is 17.2 Å². The van der Waals surface area contributed by atoms with Crippen molar-refractivity contribution in [2.75, 3.05) is 19.6 Å². The average molecular weight is 497 g/mol. The van der Waals surface area contributed by atoms with Crippen LogP contribution < -0.4 is 5.32 Å². The Morgan fingerprint density at radius 2 is 1.89 bits per heavy atom. The predicted molar refractivity (Wildman–Crippen MR) is 123 cm³/mol. The molecule has 1 N–H and O–H groups in total. The van der Waals surface area contributed by atoms with Gasteiger partial charge in [-0.05, 0) is 77.7 Å². The molecule has 6 nitrogen and oxygen atoms in total. The van der Waals surface area contributed by atoms with Crippen LogP contribution in [0, 0.1) is 5.82 Å². The van der Waals surface area contributed by atoms with Gasteiger partial charge in [0.15, 0.2) is 0 Å². The second kappa shape index (κ2) is 9.79. The predicted octanol–water partition coefficient (Wildman–Crippen LogP) is 5.57. The van der Waals surface area contributed by atoms with Gasteiger partial charge in [-0.25, -0.2) is 14.2 Å². The van der Waals surface area contributed by atoms with Crippen molar-refractivity contribution < 1.29 is 27.1 Å². The molecule has 2 aliphatic heterocycles. The molecular weight excluding hydrogens is 464 g/mol. The van der Waals surface area contributed by atoms with Crippen LogP contribution >= 0.6 is 0 Å². The van der Waals surface area contributed by atoms with Crippen LogP contribution in [-0.4, -0.2) is 51.8 Å². The Hall–Kier alpha value is -2.62. The highest BCUT2D eigenvalue weighted by atomic mass is 19.4. The van der Waals surface area contributed by atoms with Crippen LogP contribution in [0.1, 0.15) is 63.8 Å². The number of amides is 1. The van der Waals surface area contributed by atoms with E-state index in [0.29, 0.717) is 18.8 Å². The highest BCUT2D eigenvalue weighted by Crippen LogP contribution is 2.35. The van der Waals surface area contributed by atoms with E-state index < -0.39 is 23.2 Å². The fourth-order valence-corrected chi connectivity index (χ4v) is 4.84. The highest BCUT2D eigenvalue weighted by molar-refractivity contribution is 5.69. The molecule has 2 aromatic rings. The van der Waals surface area contributed by atoms with Crippen molar-refractivity contribution in [3.63, 3.8) is 0 Å². The third kappa shape index (κ3) is 5.97. The summed E-state index contributed by atoms with van der Waals surface area (Å²) in [7, 11) is 0. The van der Waals surface area contributed by atoms with Crippen LogP contribution in [-0.2, 0) is 17.5 Å². The molecule has 1 aromatic carbocycles. The summed E-state index contributed by atoms with van der Waals surface area (Å²) < 4.78 is 61.3. The molecule has 0 saturated carbocycles. The number of likely N-dealkylation sites (tertiary alicyclic amines) is 1. The molecule has 3 heterocycles. The van der Waals surface area contributed by atoms with E-state index in [-0.39, 0.29) is 23.6 Å². The lowest BCUT2D eigenvalue weighted by Crippen LogP contribution is -2.41. The lowest BCUT2D eigenvalue weighted by Gasteiger charge is -2.30. The number of carbonyl (C=O) groups excluding carboxylic acids is 1. The van der Waals surface area contributed by atoms with Crippen LogP contribution in [0.25, 0.3) is 11.3 Å². The van der Waals surface area contributed by atoms with E-state index in [9.17, 15) is 22.4 Å². The number of halogens is 4. The molecule has 2 saturated heterocycles. The molecule has 1 aromatic heterocycles. The Morgan fingerprint density at radius 1 is 1.17 bits per heavy atom. The zero-order valence-corrected chi connectivity index (χ0v) is 20.3. The third-order valence-electron chi connectivity index (χ3n) is 6.49. The fourth-order valence-electron chi connectivity index (χ4n) is 4.84. The summed E-state index contributed by atoms with van der Waals surface area (Å²) in [6, 6.07) is 2.87. The summed E-state index contributed by atoms with van der Waals surface area (Å²) in [5.41, 5.74) is -1.33. The van der Waals surface area contributed by atoms with Gasteiger partial charge in [-0.3, -0.25) is 0 Å². The second-order valence-corrected chi connectivity index (χ2v) is 10.3. The van der Waals surface area contributed by atoms with Gasteiger partial charge < -0.3 is 19.5 Å². The topological polar surface area (TPSA) is 59.4 Å². The van der Waals surface area contributed by atoms with Crippen molar-refractivity contribution in [2.45, 2.75) is 76.7 Å². The van der Waals surface area contributed by atoms with Crippen LogP contribution in [0.15, 0.2) is 24.4 Å². The number of ether oxygens (including phenoxy) is 1. The minimum absolute atomic E-state index is 0.105. The number of nitrogens with zero attached hydrogens (tertiary/aromatic N) is 3. The number of imidazole rings is 1. The molecule has 1 unspecified atom stereocenters. The van der Waals surface area contributed by atoms with Crippen molar-refractivity contribution in [1.29, 1.82) is 0 Å². The average Bonchev–Trinajstić information content (AvgIpc) is 3.40. The number of hydrogen-bond donors (Lipinski definition) is 1. The molecule has 0 radical (unpaired) electrons. The van der Waals surface area contributed by atoms with E-state index in [2.05, 4.69) is 5.32 Å². The first kappa shape index (κ1) is 25.5. The molecule has 1 amide bonds. The van der Waals surface area contributed by atoms with E-state index in [1.54, 1.807) is 11.1 Å². The van der Waals surface area contributed by atoms with E-state index in [1.807, 2.05) is 25.3 Å². The van der Waals surface area contributed by atoms with Crippen LogP contribution in [0.2, 0.25) is 0 Å². The number of carbonyl (C=O) groups is 1. The summed E-state index contributed by atoms with van der Waals surface area (Å²) >= 11 is 0. The van der Waals surface area contributed by atoms with Crippen molar-refractivity contribution in [1.82, 2.24) is 19.8 Å². The van der Waals surface area contributed by atoms with Gasteiger partial charge in [0.2, 0.25) is 0 Å². The van der Waals surface area contributed by atoms with Crippen molar-refractivity contribution >= 4 is 6.09 Å². The summed E-state index contributed by atoms with van der Waals surface area (Å²) in [6.45, 7) is 8.20. The van der Waals surface area contributed by atoms with E-state index in [1.165, 1.54) is 6.07 Å². The first-order valence-electron chi connectivity index (χ1n) is 12.1. The molecule has 2 aliphatic rings. The number of alkyl halides is 3. The molecule has 10 heteroatoms. The lowest BCUT2D eigenvalue weighted by molar-refractivity contribution is -0.139. The van der Waals surface area contributed by atoms with Gasteiger partial charge >= 0.3 is 12.3 Å². The number of nitrogens with one attached hydrogen (secondary N) is 1. The van der Waals surface area contributed by atoms with Gasteiger partial charge in [-0.2, -0.15) is 13.2 Å². The van der Waals surface area contributed by atoms with Gasteiger partial charge in [0.05, 0.1) is 17.3 Å². The molecule has 2 fully saturated rings. The SMILES string of the molecule is CC(C)(C)OC(=O)N1CCCC1Cn1cc(-c2ccc(F)c(C(F)(F)F)c2)nc1C1CCNCC1. The number of rotatable bonds is 4. The second-order valence-electron chi connectivity index (χ2n) is 10.3. The molecule has 0 aliphatic carbocycles. The largest absolute Gasteiger partial charge is 0.444 e. The smallest absolute Gasteiger partial charge is 0.419 e. The van der Waals surface area contributed by atoms with Crippen molar-refractivity contribution in [2.24, 2.45) is 0 Å². The standard InChI is InChI=1S/C25H32F4N4O2/c1-24(2,3)35-23(34)33-12-4-5-18(33)14-32-15-21(31-22(32)16-8-10-30-11-9-16)17-6-7-20(26)19(13-17)25(27,28)29/h6-7,13,15-16,18,30H,4-5,8-12,14H2,1-3H3. The van der Waals surface area contributed by atoms with Crippen LogP contribution in [0.3, 0.4) is 0 Å². The zero-order chi connectivity index (χ0) is 25.4. The molecule has 192 valence electrons. The zero-order valence-electron chi connectivity index (χ0n) is 20.3. The van der Waals surface area contributed by atoms with Crippen LogP contribution in [0.4, 0.5) is 22.4 Å². The third-order valence-corrected chi connectivity index (χ3v) is 6.49. The minimum atomic E-state index is -4.79. The van der Waals surface area contributed by atoms with Gasteiger partial charge in [0, 0.05) is 30.8 Å². The number of piperidine rings is 1. The summed E-state index contributed by atoms with van der Waals surface area (Å²) in [5, 5.41) is 3.32. The van der Waals surface area contributed by atoms with Crippen molar-refractivity contribution in [3.05, 3.63) is 41.6 Å². The molecule has 0 bridgehead atoms. The van der Waals surface area contributed by atoms with E-state index in [0.717, 1.165) is 56.7 Å². The Kier molecular flexibility index (Phi) is 7.13. The van der Waals surface area contributed by atoms with Crippen LogP contribution in [0.5, 0.6) is 0 Å². The number of benzene rings is 1. The Bertz CT molecular complexity index is 1050.